The van der Waals surface area contributed by atoms with Crippen LogP contribution in [0.2, 0.25) is 0 Å². The van der Waals surface area contributed by atoms with Crippen molar-refractivity contribution in [3.8, 4) is 0 Å². The van der Waals surface area contributed by atoms with Crippen LogP contribution in [-0.4, -0.2) is 42.8 Å². The quantitative estimate of drug-likeness (QED) is 0.785. The van der Waals surface area contributed by atoms with Crippen LogP contribution in [0.5, 0.6) is 0 Å². The second kappa shape index (κ2) is 7.59. The van der Waals surface area contributed by atoms with Crippen molar-refractivity contribution < 1.29 is 9.53 Å². The van der Waals surface area contributed by atoms with Gasteiger partial charge in [0, 0.05) is 19.8 Å². The Morgan fingerprint density at radius 3 is 2.57 bits per heavy atom. The topological polar surface area (TPSA) is 41.6 Å². The zero-order valence-corrected chi connectivity index (χ0v) is 14.0. The van der Waals surface area contributed by atoms with Crippen LogP contribution in [0, 0.1) is 5.41 Å². The fourth-order valence-electron chi connectivity index (χ4n) is 3.50. The van der Waals surface area contributed by atoms with Crippen LogP contribution in [0.3, 0.4) is 0 Å². The fraction of sp³-hybridized carbons (Fsp3) is 0.941. The smallest absolute Gasteiger partial charge is 0.241 e. The van der Waals surface area contributed by atoms with Gasteiger partial charge in [0.05, 0.1) is 12.2 Å². The number of nitrogens with one attached hydrogen (secondary N) is 1. The molecule has 2 fully saturated rings. The molecule has 2 rings (SSSR count). The lowest BCUT2D eigenvalue weighted by Gasteiger charge is -2.38. The van der Waals surface area contributed by atoms with Gasteiger partial charge in [-0.3, -0.25) is 10.1 Å². The van der Waals surface area contributed by atoms with Crippen molar-refractivity contribution in [1.29, 1.82) is 0 Å². The van der Waals surface area contributed by atoms with Crippen LogP contribution in [0.15, 0.2) is 0 Å². The number of hydrogen-bond donors (Lipinski definition) is 1. The summed E-state index contributed by atoms with van der Waals surface area (Å²) in [6, 6.07) is 0.0462. The number of amides is 1. The average Bonchev–Trinajstić information content (AvgIpc) is 2.75. The third-order valence-corrected chi connectivity index (χ3v) is 5.01. The molecule has 2 aliphatic heterocycles. The Balaban J connectivity index is 2.01. The van der Waals surface area contributed by atoms with E-state index in [4.69, 9.17) is 4.74 Å². The maximum absolute atomic E-state index is 12.7. The minimum Gasteiger partial charge on any atom is -0.381 e. The number of unbranched alkanes of at least 4 members (excludes halogenated alkanes) is 1. The third kappa shape index (κ3) is 4.19. The highest BCUT2D eigenvalue weighted by atomic mass is 16.5. The molecule has 4 heteroatoms. The zero-order chi connectivity index (χ0) is 15.3. The first-order chi connectivity index (χ1) is 10.1. The lowest BCUT2D eigenvalue weighted by Crippen LogP contribution is -2.45. The molecule has 0 radical (unpaired) electrons. The fourth-order valence-corrected chi connectivity index (χ4v) is 3.50. The molecule has 122 valence electrons. The molecule has 1 N–H and O–H groups in total. The molecule has 0 aromatic carbocycles. The highest BCUT2D eigenvalue weighted by molar-refractivity contribution is 5.84. The number of rotatable bonds is 7. The van der Waals surface area contributed by atoms with E-state index in [0.29, 0.717) is 5.91 Å². The van der Waals surface area contributed by atoms with E-state index < -0.39 is 0 Å². The van der Waals surface area contributed by atoms with E-state index in [-0.39, 0.29) is 17.6 Å². The van der Waals surface area contributed by atoms with Crippen LogP contribution in [0.1, 0.15) is 65.7 Å². The Kier molecular flexibility index (Phi) is 6.06. The molecule has 0 aromatic rings. The molecule has 0 spiro atoms. The summed E-state index contributed by atoms with van der Waals surface area (Å²) in [4.78, 5) is 14.9. The lowest BCUT2D eigenvalue weighted by atomic mass is 9.81. The Hall–Kier alpha value is -0.610. The molecule has 0 aromatic heterocycles. The molecule has 2 saturated heterocycles. The van der Waals surface area contributed by atoms with Crippen molar-refractivity contribution in [2.24, 2.45) is 5.41 Å². The Bertz CT molecular complexity index is 340. The van der Waals surface area contributed by atoms with E-state index in [1.54, 1.807) is 0 Å². The SMILES string of the molecule is CCCCC1NC(CCC)N(CC2(C)CCOCC2)C1=O. The normalized spacial score (nSPS) is 29.1. The average molecular weight is 296 g/mol. The number of nitrogens with zero attached hydrogens (tertiary/aromatic N) is 1. The molecule has 2 aliphatic rings. The summed E-state index contributed by atoms with van der Waals surface area (Å²) in [6.45, 7) is 9.25. The summed E-state index contributed by atoms with van der Waals surface area (Å²) in [6.07, 6.45) is 7.79. The van der Waals surface area contributed by atoms with Crippen molar-refractivity contribution in [2.45, 2.75) is 77.9 Å². The van der Waals surface area contributed by atoms with Crippen molar-refractivity contribution in [2.75, 3.05) is 19.8 Å². The van der Waals surface area contributed by atoms with Gasteiger partial charge in [0.2, 0.25) is 5.91 Å². The summed E-state index contributed by atoms with van der Waals surface area (Å²) in [5, 5.41) is 3.58. The molecular weight excluding hydrogens is 264 g/mol. The predicted molar refractivity (Wildman–Crippen MR) is 85.0 cm³/mol. The molecule has 2 unspecified atom stereocenters. The number of ether oxygens (including phenoxy) is 1. The number of carbonyl (C=O) groups is 1. The van der Waals surface area contributed by atoms with Crippen molar-refractivity contribution in [3.05, 3.63) is 0 Å². The Morgan fingerprint density at radius 1 is 1.24 bits per heavy atom. The molecule has 2 atom stereocenters. The van der Waals surface area contributed by atoms with Gasteiger partial charge in [-0.15, -0.1) is 0 Å². The van der Waals surface area contributed by atoms with E-state index >= 15 is 0 Å². The van der Waals surface area contributed by atoms with Gasteiger partial charge in [-0.05, 0) is 31.1 Å². The summed E-state index contributed by atoms with van der Waals surface area (Å²) < 4.78 is 5.49. The van der Waals surface area contributed by atoms with Gasteiger partial charge >= 0.3 is 0 Å². The summed E-state index contributed by atoms with van der Waals surface area (Å²) >= 11 is 0. The summed E-state index contributed by atoms with van der Waals surface area (Å²) in [5.74, 6) is 0.328. The van der Waals surface area contributed by atoms with E-state index in [1.165, 1.54) is 0 Å². The van der Waals surface area contributed by atoms with Crippen LogP contribution >= 0.6 is 0 Å². The molecule has 0 bridgehead atoms. The number of hydrogen-bond acceptors (Lipinski definition) is 3. The van der Waals surface area contributed by atoms with Crippen molar-refractivity contribution >= 4 is 5.91 Å². The minimum atomic E-state index is 0.0462. The molecule has 2 heterocycles. The van der Waals surface area contributed by atoms with E-state index in [9.17, 15) is 4.79 Å². The molecule has 0 saturated carbocycles. The first-order valence-corrected chi connectivity index (χ1v) is 8.74. The second-order valence-corrected chi connectivity index (χ2v) is 7.06. The Morgan fingerprint density at radius 2 is 1.95 bits per heavy atom. The van der Waals surface area contributed by atoms with E-state index in [0.717, 1.165) is 64.7 Å². The minimum absolute atomic E-state index is 0.0462. The maximum Gasteiger partial charge on any atom is 0.241 e. The molecule has 21 heavy (non-hydrogen) atoms. The van der Waals surface area contributed by atoms with Gasteiger partial charge in [0.15, 0.2) is 0 Å². The summed E-state index contributed by atoms with van der Waals surface area (Å²) in [7, 11) is 0. The monoisotopic (exact) mass is 296 g/mol. The van der Waals surface area contributed by atoms with Crippen molar-refractivity contribution in [1.82, 2.24) is 10.2 Å². The Labute approximate surface area is 129 Å². The van der Waals surface area contributed by atoms with Gasteiger partial charge in [-0.2, -0.15) is 0 Å². The predicted octanol–water partition coefficient (Wildman–Crippen LogP) is 2.92. The third-order valence-electron chi connectivity index (χ3n) is 5.01. The molecule has 1 amide bonds. The van der Waals surface area contributed by atoms with Crippen LogP contribution in [0.4, 0.5) is 0 Å². The van der Waals surface area contributed by atoms with Gasteiger partial charge in [-0.25, -0.2) is 0 Å². The van der Waals surface area contributed by atoms with Crippen LogP contribution < -0.4 is 5.32 Å². The first-order valence-electron chi connectivity index (χ1n) is 8.74. The standard InChI is InChI=1S/C17H32N2O2/c1-4-6-8-14-16(20)19(15(18-14)7-5-2)13-17(3)9-11-21-12-10-17/h14-15,18H,4-13H2,1-3H3. The zero-order valence-electron chi connectivity index (χ0n) is 14.0. The van der Waals surface area contributed by atoms with Gasteiger partial charge in [0.1, 0.15) is 0 Å². The van der Waals surface area contributed by atoms with Crippen molar-refractivity contribution in [3.63, 3.8) is 0 Å². The maximum atomic E-state index is 12.7. The first kappa shape index (κ1) is 16.8. The van der Waals surface area contributed by atoms with E-state index in [1.807, 2.05) is 0 Å². The highest BCUT2D eigenvalue weighted by Crippen LogP contribution is 2.33. The second-order valence-electron chi connectivity index (χ2n) is 7.06. The molecular formula is C17H32N2O2. The molecule has 4 nitrogen and oxygen atoms in total. The largest absolute Gasteiger partial charge is 0.381 e. The van der Waals surface area contributed by atoms with Gasteiger partial charge in [0.25, 0.3) is 0 Å². The lowest BCUT2D eigenvalue weighted by molar-refractivity contribution is -0.132. The van der Waals surface area contributed by atoms with E-state index in [2.05, 4.69) is 31.0 Å². The summed E-state index contributed by atoms with van der Waals surface area (Å²) in [5.41, 5.74) is 0.223. The van der Waals surface area contributed by atoms with Gasteiger partial charge < -0.3 is 9.64 Å². The van der Waals surface area contributed by atoms with Gasteiger partial charge in [-0.1, -0.05) is 40.0 Å². The van der Waals surface area contributed by atoms with Crippen LogP contribution in [0.25, 0.3) is 0 Å². The molecule has 0 aliphatic carbocycles. The number of carbonyl (C=O) groups excluding carboxylic acids is 1. The van der Waals surface area contributed by atoms with Crippen LogP contribution in [-0.2, 0) is 9.53 Å². The highest BCUT2D eigenvalue weighted by Gasteiger charge is 2.41.